The van der Waals surface area contributed by atoms with E-state index in [0.717, 1.165) is 23.9 Å². The number of methoxy groups -OCH3 is 1. The number of rotatable bonds is 6. The zero-order chi connectivity index (χ0) is 18.5. The predicted molar refractivity (Wildman–Crippen MR) is 101 cm³/mol. The number of nitrogens with zero attached hydrogens (tertiary/aromatic N) is 3. The molecule has 0 saturated carbocycles. The fraction of sp³-hybridized carbons (Fsp3) is 0.526. The van der Waals surface area contributed by atoms with Crippen molar-refractivity contribution in [3.63, 3.8) is 0 Å². The summed E-state index contributed by atoms with van der Waals surface area (Å²) in [6, 6.07) is 7.71. The Morgan fingerprint density at radius 3 is 2.73 bits per heavy atom. The first-order valence-corrected chi connectivity index (χ1v) is 9.17. The van der Waals surface area contributed by atoms with Crippen molar-refractivity contribution in [1.82, 2.24) is 14.9 Å². The van der Waals surface area contributed by atoms with Crippen LogP contribution in [-0.2, 0) is 16.1 Å². The van der Waals surface area contributed by atoms with Crippen LogP contribution in [0.3, 0.4) is 0 Å². The summed E-state index contributed by atoms with van der Waals surface area (Å²) in [5.41, 5.74) is 1.62. The maximum atomic E-state index is 12.9. The molecule has 26 heavy (non-hydrogen) atoms. The monoisotopic (exact) mass is 358 g/mol. The number of anilines is 1. The number of carbonyl (C=O) groups excluding carboxylic acids is 1. The Morgan fingerprint density at radius 1 is 1.31 bits per heavy atom. The molecule has 0 radical (unpaired) electrons. The number of nitrogens with one attached hydrogen (secondary N) is 1. The molecule has 2 aromatic rings. The van der Waals surface area contributed by atoms with Gasteiger partial charge in [0.15, 0.2) is 5.82 Å². The second kappa shape index (κ2) is 8.31. The number of benzene rings is 1. The molecular formula is C19H26N4O3. The standard InChI is InChI=1S/C19H26N4O3/c1-3-23-16-7-5-4-6-15(16)21-17(19(23)25)22-11-8-14(9-12-22)18(24)20-10-13-26-2/h4-7,14H,3,8-13H2,1-2H3,(H,20,24). The molecule has 1 saturated heterocycles. The van der Waals surface area contributed by atoms with Gasteiger partial charge in [0.1, 0.15) is 0 Å². The number of aromatic nitrogens is 2. The molecule has 0 unspecified atom stereocenters. The lowest BCUT2D eigenvalue weighted by atomic mass is 9.96. The highest BCUT2D eigenvalue weighted by Crippen LogP contribution is 2.22. The molecule has 0 atom stereocenters. The smallest absolute Gasteiger partial charge is 0.293 e. The fourth-order valence-corrected chi connectivity index (χ4v) is 3.47. The number of carbonyl (C=O) groups is 1. The predicted octanol–water partition coefficient (Wildman–Crippen LogP) is 1.40. The fourth-order valence-electron chi connectivity index (χ4n) is 3.47. The zero-order valence-corrected chi connectivity index (χ0v) is 15.4. The minimum absolute atomic E-state index is 0.0167. The number of hydrogen-bond donors (Lipinski definition) is 1. The highest BCUT2D eigenvalue weighted by molar-refractivity contribution is 5.79. The Morgan fingerprint density at radius 2 is 2.04 bits per heavy atom. The number of amides is 1. The maximum absolute atomic E-state index is 12.9. The van der Waals surface area contributed by atoms with Gasteiger partial charge in [-0.2, -0.15) is 0 Å². The third kappa shape index (κ3) is 3.72. The van der Waals surface area contributed by atoms with E-state index in [1.54, 1.807) is 11.7 Å². The van der Waals surface area contributed by atoms with Crippen LogP contribution in [0.5, 0.6) is 0 Å². The van der Waals surface area contributed by atoms with E-state index in [9.17, 15) is 9.59 Å². The third-order valence-electron chi connectivity index (χ3n) is 4.92. The van der Waals surface area contributed by atoms with E-state index in [4.69, 9.17) is 4.74 Å². The number of para-hydroxylation sites is 2. The first kappa shape index (κ1) is 18.4. The van der Waals surface area contributed by atoms with Crippen LogP contribution in [0.15, 0.2) is 29.1 Å². The van der Waals surface area contributed by atoms with E-state index in [0.29, 0.717) is 38.6 Å². The molecule has 3 rings (SSSR count). The molecule has 7 nitrogen and oxygen atoms in total. The van der Waals surface area contributed by atoms with Crippen molar-refractivity contribution in [3.8, 4) is 0 Å². The van der Waals surface area contributed by atoms with Gasteiger partial charge in [0.05, 0.1) is 17.6 Å². The van der Waals surface area contributed by atoms with Crippen LogP contribution >= 0.6 is 0 Å². The van der Waals surface area contributed by atoms with Gasteiger partial charge in [0.25, 0.3) is 5.56 Å². The molecule has 2 heterocycles. The van der Waals surface area contributed by atoms with Crippen LogP contribution in [0.2, 0.25) is 0 Å². The minimum atomic E-state index is -0.0609. The number of fused-ring (bicyclic) bond motifs is 1. The van der Waals surface area contributed by atoms with Crippen molar-refractivity contribution in [1.29, 1.82) is 0 Å². The van der Waals surface area contributed by atoms with Crippen molar-refractivity contribution >= 4 is 22.8 Å². The lowest BCUT2D eigenvalue weighted by molar-refractivity contribution is -0.125. The third-order valence-corrected chi connectivity index (χ3v) is 4.92. The average molecular weight is 358 g/mol. The molecule has 1 aliphatic heterocycles. The average Bonchev–Trinajstić information content (AvgIpc) is 2.68. The van der Waals surface area contributed by atoms with Crippen LogP contribution in [0, 0.1) is 5.92 Å². The highest BCUT2D eigenvalue weighted by atomic mass is 16.5. The first-order valence-electron chi connectivity index (χ1n) is 9.17. The van der Waals surface area contributed by atoms with E-state index in [1.165, 1.54) is 0 Å². The Bertz CT molecular complexity index is 825. The van der Waals surface area contributed by atoms with Crippen LogP contribution in [-0.4, -0.2) is 48.8 Å². The summed E-state index contributed by atoms with van der Waals surface area (Å²) < 4.78 is 6.72. The SMILES string of the molecule is CCn1c(=O)c(N2CCC(C(=O)NCCOC)CC2)nc2ccccc21. The lowest BCUT2D eigenvalue weighted by Crippen LogP contribution is -2.43. The van der Waals surface area contributed by atoms with Gasteiger partial charge in [-0.3, -0.25) is 9.59 Å². The van der Waals surface area contributed by atoms with E-state index < -0.39 is 0 Å². The molecule has 1 aromatic carbocycles. The van der Waals surface area contributed by atoms with E-state index in [2.05, 4.69) is 10.3 Å². The number of piperidine rings is 1. The summed E-state index contributed by atoms with van der Waals surface area (Å²) in [5, 5.41) is 2.90. The highest BCUT2D eigenvalue weighted by Gasteiger charge is 2.27. The van der Waals surface area contributed by atoms with Gasteiger partial charge in [0.2, 0.25) is 5.91 Å². The summed E-state index contributed by atoms with van der Waals surface area (Å²) >= 11 is 0. The Labute approximate surface area is 153 Å². The second-order valence-corrected chi connectivity index (χ2v) is 6.52. The van der Waals surface area contributed by atoms with Crippen molar-refractivity contribution in [2.24, 2.45) is 5.92 Å². The Balaban J connectivity index is 1.74. The lowest BCUT2D eigenvalue weighted by Gasteiger charge is -2.32. The van der Waals surface area contributed by atoms with Gasteiger partial charge in [-0.1, -0.05) is 12.1 Å². The Kier molecular flexibility index (Phi) is 5.88. The van der Waals surface area contributed by atoms with Gasteiger partial charge in [-0.15, -0.1) is 0 Å². The molecule has 1 amide bonds. The minimum Gasteiger partial charge on any atom is -0.383 e. The van der Waals surface area contributed by atoms with Gasteiger partial charge >= 0.3 is 0 Å². The van der Waals surface area contributed by atoms with Crippen molar-refractivity contribution in [2.75, 3.05) is 38.3 Å². The molecule has 7 heteroatoms. The molecule has 0 spiro atoms. The molecule has 1 aliphatic rings. The quantitative estimate of drug-likeness (QED) is 0.790. The zero-order valence-electron chi connectivity index (χ0n) is 15.4. The normalized spacial score (nSPS) is 15.4. The summed E-state index contributed by atoms with van der Waals surface area (Å²) in [7, 11) is 1.62. The van der Waals surface area contributed by atoms with Gasteiger partial charge < -0.3 is 19.5 Å². The number of aryl methyl sites for hydroxylation is 1. The molecular weight excluding hydrogens is 332 g/mol. The van der Waals surface area contributed by atoms with Gasteiger partial charge in [-0.05, 0) is 31.9 Å². The summed E-state index contributed by atoms with van der Waals surface area (Å²) in [5.74, 6) is 0.542. The van der Waals surface area contributed by atoms with Crippen molar-refractivity contribution < 1.29 is 9.53 Å². The van der Waals surface area contributed by atoms with Gasteiger partial charge in [0, 0.05) is 39.2 Å². The number of hydrogen-bond acceptors (Lipinski definition) is 5. The van der Waals surface area contributed by atoms with Crippen LogP contribution in [0.4, 0.5) is 5.82 Å². The second-order valence-electron chi connectivity index (χ2n) is 6.52. The molecule has 1 N–H and O–H groups in total. The van der Waals surface area contributed by atoms with E-state index in [-0.39, 0.29) is 17.4 Å². The molecule has 140 valence electrons. The summed E-state index contributed by atoms with van der Waals surface area (Å²) in [6.07, 6.45) is 1.44. The molecule has 0 bridgehead atoms. The van der Waals surface area contributed by atoms with Crippen LogP contribution in [0.25, 0.3) is 11.0 Å². The van der Waals surface area contributed by atoms with Crippen LogP contribution < -0.4 is 15.8 Å². The van der Waals surface area contributed by atoms with E-state index >= 15 is 0 Å². The maximum Gasteiger partial charge on any atom is 0.293 e. The molecule has 1 aromatic heterocycles. The molecule has 1 fully saturated rings. The Hall–Kier alpha value is -2.41. The van der Waals surface area contributed by atoms with E-state index in [1.807, 2.05) is 36.1 Å². The summed E-state index contributed by atoms with van der Waals surface area (Å²) in [4.78, 5) is 31.7. The number of ether oxygens (including phenoxy) is 1. The van der Waals surface area contributed by atoms with Crippen LogP contribution in [0.1, 0.15) is 19.8 Å². The first-order chi connectivity index (χ1) is 12.7. The van der Waals surface area contributed by atoms with Crippen molar-refractivity contribution in [2.45, 2.75) is 26.3 Å². The topological polar surface area (TPSA) is 76.5 Å². The summed E-state index contributed by atoms with van der Waals surface area (Å²) in [6.45, 7) is 4.94. The van der Waals surface area contributed by atoms with Gasteiger partial charge in [-0.25, -0.2) is 4.98 Å². The molecule has 0 aliphatic carbocycles. The van der Waals surface area contributed by atoms with Crippen molar-refractivity contribution in [3.05, 3.63) is 34.6 Å². The largest absolute Gasteiger partial charge is 0.383 e.